The Morgan fingerprint density at radius 2 is 1.89 bits per heavy atom. The Bertz CT molecular complexity index is 406. The van der Waals surface area contributed by atoms with Gasteiger partial charge in [0.05, 0.1) is 6.04 Å². The SMILES string of the molecule is CNC(C)C(=O)NC(Cc1ccccc1)C(N)=O. The Morgan fingerprint density at radius 3 is 2.39 bits per heavy atom. The monoisotopic (exact) mass is 249 g/mol. The molecule has 0 fully saturated rings. The Balaban J connectivity index is 2.67. The fourth-order valence-electron chi connectivity index (χ4n) is 1.50. The smallest absolute Gasteiger partial charge is 0.240 e. The van der Waals surface area contributed by atoms with E-state index in [4.69, 9.17) is 5.73 Å². The molecule has 1 rings (SSSR count). The molecule has 1 aromatic rings. The maximum absolute atomic E-state index is 11.7. The number of hydrogen-bond acceptors (Lipinski definition) is 3. The zero-order valence-corrected chi connectivity index (χ0v) is 10.6. The third kappa shape index (κ3) is 4.18. The van der Waals surface area contributed by atoms with Crippen LogP contribution in [-0.2, 0) is 16.0 Å². The van der Waals surface area contributed by atoms with Crippen molar-refractivity contribution in [3.63, 3.8) is 0 Å². The molecule has 2 amide bonds. The van der Waals surface area contributed by atoms with E-state index < -0.39 is 11.9 Å². The van der Waals surface area contributed by atoms with Gasteiger partial charge in [-0.1, -0.05) is 30.3 Å². The molecule has 2 atom stereocenters. The first-order valence-electron chi connectivity index (χ1n) is 5.85. The second kappa shape index (κ2) is 6.76. The van der Waals surface area contributed by atoms with Crippen LogP contribution in [0.15, 0.2) is 30.3 Å². The second-order valence-electron chi connectivity index (χ2n) is 4.16. The van der Waals surface area contributed by atoms with Crippen LogP contribution in [-0.4, -0.2) is 30.9 Å². The average Bonchev–Trinajstić information content (AvgIpc) is 2.37. The summed E-state index contributed by atoms with van der Waals surface area (Å²) >= 11 is 0. The number of nitrogens with two attached hydrogens (primary N) is 1. The van der Waals surface area contributed by atoms with E-state index in [0.717, 1.165) is 5.56 Å². The van der Waals surface area contributed by atoms with Gasteiger partial charge in [0.1, 0.15) is 6.04 Å². The van der Waals surface area contributed by atoms with Crippen LogP contribution >= 0.6 is 0 Å². The van der Waals surface area contributed by atoms with Crippen molar-refractivity contribution >= 4 is 11.8 Å². The normalized spacial score (nSPS) is 13.7. The van der Waals surface area contributed by atoms with Gasteiger partial charge in [0.15, 0.2) is 0 Å². The Morgan fingerprint density at radius 1 is 1.28 bits per heavy atom. The summed E-state index contributed by atoms with van der Waals surface area (Å²) in [6, 6.07) is 8.40. The van der Waals surface area contributed by atoms with E-state index in [1.807, 2.05) is 30.3 Å². The number of benzene rings is 1. The minimum absolute atomic E-state index is 0.239. The molecule has 0 bridgehead atoms. The van der Waals surface area contributed by atoms with Gasteiger partial charge in [-0.3, -0.25) is 9.59 Å². The number of carbonyl (C=O) groups is 2. The van der Waals surface area contributed by atoms with Crippen molar-refractivity contribution in [2.75, 3.05) is 7.05 Å². The zero-order chi connectivity index (χ0) is 13.5. The topological polar surface area (TPSA) is 84.2 Å². The van der Waals surface area contributed by atoms with E-state index in [1.165, 1.54) is 0 Å². The quantitative estimate of drug-likeness (QED) is 0.653. The number of amides is 2. The van der Waals surface area contributed by atoms with Gasteiger partial charge in [-0.25, -0.2) is 0 Å². The highest BCUT2D eigenvalue weighted by Crippen LogP contribution is 2.03. The molecular weight excluding hydrogens is 230 g/mol. The van der Waals surface area contributed by atoms with Crippen LogP contribution in [0.5, 0.6) is 0 Å². The molecule has 0 saturated heterocycles. The predicted octanol–water partition coefficient (Wildman–Crippen LogP) is -0.193. The summed E-state index contributed by atoms with van der Waals surface area (Å²) < 4.78 is 0. The van der Waals surface area contributed by atoms with Crippen LogP contribution in [0.25, 0.3) is 0 Å². The van der Waals surface area contributed by atoms with E-state index in [2.05, 4.69) is 10.6 Å². The van der Waals surface area contributed by atoms with E-state index in [1.54, 1.807) is 14.0 Å². The molecule has 0 aliphatic carbocycles. The summed E-state index contributed by atoms with van der Waals surface area (Å²) in [6.45, 7) is 1.72. The fourth-order valence-corrected chi connectivity index (χ4v) is 1.50. The van der Waals surface area contributed by atoms with Crippen molar-refractivity contribution in [1.82, 2.24) is 10.6 Å². The van der Waals surface area contributed by atoms with Crippen molar-refractivity contribution in [3.8, 4) is 0 Å². The number of nitrogens with one attached hydrogen (secondary N) is 2. The highest BCUT2D eigenvalue weighted by molar-refractivity contribution is 5.88. The minimum atomic E-state index is -0.685. The molecule has 5 heteroatoms. The van der Waals surface area contributed by atoms with Crippen LogP contribution < -0.4 is 16.4 Å². The lowest BCUT2D eigenvalue weighted by atomic mass is 10.1. The summed E-state index contributed by atoms with van der Waals surface area (Å²) in [7, 11) is 1.68. The second-order valence-corrected chi connectivity index (χ2v) is 4.16. The van der Waals surface area contributed by atoms with E-state index >= 15 is 0 Å². The van der Waals surface area contributed by atoms with Crippen molar-refractivity contribution in [1.29, 1.82) is 0 Å². The van der Waals surface area contributed by atoms with Gasteiger partial charge in [0.25, 0.3) is 0 Å². The third-order valence-electron chi connectivity index (χ3n) is 2.77. The number of hydrogen-bond donors (Lipinski definition) is 3. The predicted molar refractivity (Wildman–Crippen MR) is 69.8 cm³/mol. The molecular formula is C13H19N3O2. The van der Waals surface area contributed by atoms with E-state index in [0.29, 0.717) is 6.42 Å². The van der Waals surface area contributed by atoms with Gasteiger partial charge < -0.3 is 16.4 Å². The fraction of sp³-hybridized carbons (Fsp3) is 0.385. The number of likely N-dealkylation sites (N-methyl/N-ethyl adjacent to an activating group) is 1. The highest BCUT2D eigenvalue weighted by Gasteiger charge is 2.20. The molecule has 18 heavy (non-hydrogen) atoms. The van der Waals surface area contributed by atoms with Crippen molar-refractivity contribution in [2.24, 2.45) is 5.73 Å². The summed E-state index contributed by atoms with van der Waals surface area (Å²) in [4.78, 5) is 23.0. The van der Waals surface area contributed by atoms with Crippen LogP contribution in [0, 0.1) is 0 Å². The molecule has 4 N–H and O–H groups in total. The lowest BCUT2D eigenvalue weighted by molar-refractivity contribution is -0.128. The van der Waals surface area contributed by atoms with Gasteiger partial charge in [0, 0.05) is 6.42 Å². The summed E-state index contributed by atoms with van der Waals surface area (Å²) in [6.07, 6.45) is 0.401. The zero-order valence-electron chi connectivity index (χ0n) is 10.6. The first-order chi connectivity index (χ1) is 8.54. The van der Waals surface area contributed by atoms with Crippen LogP contribution in [0.1, 0.15) is 12.5 Å². The standard InChI is InChI=1S/C13H19N3O2/c1-9(15-2)13(18)16-11(12(14)17)8-10-6-4-3-5-7-10/h3-7,9,11,15H,8H2,1-2H3,(H2,14,17)(H,16,18). The maximum atomic E-state index is 11.7. The summed E-state index contributed by atoms with van der Waals surface area (Å²) in [5.41, 5.74) is 6.26. The average molecular weight is 249 g/mol. The molecule has 1 aromatic carbocycles. The molecule has 2 unspecified atom stereocenters. The highest BCUT2D eigenvalue weighted by atomic mass is 16.2. The Kier molecular flexibility index (Phi) is 5.32. The maximum Gasteiger partial charge on any atom is 0.240 e. The molecule has 98 valence electrons. The van der Waals surface area contributed by atoms with Crippen molar-refractivity contribution < 1.29 is 9.59 Å². The third-order valence-corrected chi connectivity index (χ3v) is 2.77. The first kappa shape index (κ1) is 14.2. The van der Waals surface area contributed by atoms with Gasteiger partial charge in [-0.2, -0.15) is 0 Å². The van der Waals surface area contributed by atoms with Crippen molar-refractivity contribution in [3.05, 3.63) is 35.9 Å². The largest absolute Gasteiger partial charge is 0.368 e. The summed E-state index contributed by atoms with van der Waals surface area (Å²) in [5, 5.41) is 5.45. The summed E-state index contributed by atoms with van der Waals surface area (Å²) in [5.74, 6) is -0.771. The molecule has 0 saturated carbocycles. The van der Waals surface area contributed by atoms with Gasteiger partial charge in [-0.05, 0) is 19.5 Å². The van der Waals surface area contributed by atoms with Crippen LogP contribution in [0.2, 0.25) is 0 Å². The number of rotatable bonds is 6. The molecule has 5 nitrogen and oxygen atoms in total. The lowest BCUT2D eigenvalue weighted by Crippen LogP contribution is -2.51. The van der Waals surface area contributed by atoms with E-state index in [9.17, 15) is 9.59 Å². The molecule has 0 spiro atoms. The Labute approximate surface area is 107 Å². The van der Waals surface area contributed by atoms with Crippen LogP contribution in [0.4, 0.5) is 0 Å². The van der Waals surface area contributed by atoms with Crippen molar-refractivity contribution in [2.45, 2.75) is 25.4 Å². The molecule has 0 aromatic heterocycles. The molecule has 0 aliphatic rings. The van der Waals surface area contributed by atoms with E-state index in [-0.39, 0.29) is 11.9 Å². The van der Waals surface area contributed by atoms with Gasteiger partial charge in [-0.15, -0.1) is 0 Å². The molecule has 0 aliphatic heterocycles. The number of primary amides is 1. The number of carbonyl (C=O) groups excluding carboxylic acids is 2. The molecule has 0 heterocycles. The van der Waals surface area contributed by atoms with Crippen LogP contribution in [0.3, 0.4) is 0 Å². The Hall–Kier alpha value is -1.88. The lowest BCUT2D eigenvalue weighted by Gasteiger charge is -2.18. The van der Waals surface area contributed by atoms with Gasteiger partial charge >= 0.3 is 0 Å². The first-order valence-corrected chi connectivity index (χ1v) is 5.85. The molecule has 0 radical (unpaired) electrons. The van der Waals surface area contributed by atoms with Gasteiger partial charge in [0.2, 0.25) is 11.8 Å². The minimum Gasteiger partial charge on any atom is -0.368 e.